The SMILES string of the molecule is COc1ccc(N[C@@H](c2ccccc2)P(=O)(OC(C)C)OC(C)C)cc1. The maximum atomic E-state index is 13.7. The standard InChI is InChI=1S/C20H28NO4P/c1-15(2)24-26(22,25-16(3)4)20(17-9-7-6-8-10-17)21-18-11-13-19(23-5)14-12-18/h6-16,20-21H,1-5H3/t20-/m1/s1. The summed E-state index contributed by atoms with van der Waals surface area (Å²) >= 11 is 0. The first-order valence-electron chi connectivity index (χ1n) is 8.76. The van der Waals surface area contributed by atoms with E-state index < -0.39 is 13.4 Å². The summed E-state index contributed by atoms with van der Waals surface area (Å²) in [6.45, 7) is 7.41. The second-order valence-corrected chi connectivity index (χ2v) is 8.55. The van der Waals surface area contributed by atoms with Crippen LogP contribution in [-0.2, 0) is 13.6 Å². The molecule has 0 aromatic heterocycles. The van der Waals surface area contributed by atoms with Crippen molar-refractivity contribution in [3.8, 4) is 5.75 Å². The molecule has 2 aromatic rings. The van der Waals surface area contributed by atoms with Crippen LogP contribution in [0.3, 0.4) is 0 Å². The molecule has 0 saturated heterocycles. The molecule has 0 heterocycles. The third-order valence-electron chi connectivity index (χ3n) is 3.54. The minimum Gasteiger partial charge on any atom is -0.497 e. The molecule has 2 aromatic carbocycles. The van der Waals surface area contributed by atoms with Gasteiger partial charge in [0.2, 0.25) is 0 Å². The predicted octanol–water partition coefficient (Wildman–Crippen LogP) is 5.85. The van der Waals surface area contributed by atoms with Gasteiger partial charge in [-0.25, -0.2) is 0 Å². The van der Waals surface area contributed by atoms with Crippen molar-refractivity contribution in [1.82, 2.24) is 0 Å². The first-order valence-corrected chi connectivity index (χ1v) is 10.4. The van der Waals surface area contributed by atoms with Crippen LogP contribution >= 0.6 is 7.60 Å². The van der Waals surface area contributed by atoms with Crippen LogP contribution in [-0.4, -0.2) is 19.3 Å². The second-order valence-electron chi connectivity index (χ2n) is 6.53. The van der Waals surface area contributed by atoms with E-state index in [1.807, 2.05) is 82.3 Å². The number of ether oxygens (including phenoxy) is 1. The quantitative estimate of drug-likeness (QED) is 0.556. The van der Waals surface area contributed by atoms with Gasteiger partial charge in [0.15, 0.2) is 5.78 Å². The predicted molar refractivity (Wildman–Crippen MR) is 106 cm³/mol. The van der Waals surface area contributed by atoms with E-state index in [9.17, 15) is 4.57 Å². The fourth-order valence-corrected chi connectivity index (χ4v) is 4.87. The first-order chi connectivity index (χ1) is 12.3. The van der Waals surface area contributed by atoms with Gasteiger partial charge in [0.1, 0.15) is 5.75 Å². The maximum absolute atomic E-state index is 13.7. The lowest BCUT2D eigenvalue weighted by Crippen LogP contribution is -2.19. The smallest absolute Gasteiger partial charge is 0.357 e. The van der Waals surface area contributed by atoms with Crippen molar-refractivity contribution in [2.24, 2.45) is 0 Å². The molecule has 0 aliphatic carbocycles. The van der Waals surface area contributed by atoms with Gasteiger partial charge in [0, 0.05) is 5.69 Å². The monoisotopic (exact) mass is 377 g/mol. The molecule has 6 heteroatoms. The highest BCUT2D eigenvalue weighted by atomic mass is 31.2. The summed E-state index contributed by atoms with van der Waals surface area (Å²) in [5.41, 5.74) is 1.65. The van der Waals surface area contributed by atoms with Gasteiger partial charge in [-0.3, -0.25) is 4.57 Å². The van der Waals surface area contributed by atoms with Crippen LogP contribution in [0.4, 0.5) is 5.69 Å². The van der Waals surface area contributed by atoms with Crippen molar-refractivity contribution in [2.75, 3.05) is 12.4 Å². The average Bonchev–Trinajstić information content (AvgIpc) is 2.59. The lowest BCUT2D eigenvalue weighted by Gasteiger charge is -2.31. The van der Waals surface area contributed by atoms with Crippen molar-refractivity contribution in [1.29, 1.82) is 0 Å². The number of hydrogen-bond acceptors (Lipinski definition) is 5. The molecule has 2 rings (SSSR count). The van der Waals surface area contributed by atoms with Crippen molar-refractivity contribution in [3.63, 3.8) is 0 Å². The van der Waals surface area contributed by atoms with Crippen LogP contribution in [0.5, 0.6) is 5.75 Å². The van der Waals surface area contributed by atoms with E-state index in [0.717, 1.165) is 17.0 Å². The highest BCUT2D eigenvalue weighted by Gasteiger charge is 2.39. The summed E-state index contributed by atoms with van der Waals surface area (Å²) in [5, 5.41) is 3.33. The molecule has 0 aliphatic rings. The molecule has 142 valence electrons. The van der Waals surface area contributed by atoms with Crippen LogP contribution in [0.15, 0.2) is 54.6 Å². The maximum Gasteiger partial charge on any atom is 0.357 e. The third-order valence-corrected chi connectivity index (χ3v) is 6.03. The van der Waals surface area contributed by atoms with E-state index >= 15 is 0 Å². The summed E-state index contributed by atoms with van der Waals surface area (Å²) in [7, 11) is -1.87. The van der Waals surface area contributed by atoms with Crippen molar-refractivity contribution in [2.45, 2.75) is 45.7 Å². The van der Waals surface area contributed by atoms with Crippen molar-refractivity contribution >= 4 is 13.3 Å². The van der Waals surface area contributed by atoms with E-state index in [1.165, 1.54) is 0 Å². The Bertz CT molecular complexity index is 702. The Morgan fingerprint density at radius 1 is 0.846 bits per heavy atom. The number of rotatable bonds is 9. The minimum absolute atomic E-state index is 0.233. The topological polar surface area (TPSA) is 56.8 Å². The number of benzene rings is 2. The molecule has 0 aliphatic heterocycles. The molecule has 0 radical (unpaired) electrons. The zero-order valence-electron chi connectivity index (χ0n) is 16.0. The molecule has 1 atom stereocenters. The largest absolute Gasteiger partial charge is 0.497 e. The van der Waals surface area contributed by atoms with Gasteiger partial charge < -0.3 is 19.1 Å². The Morgan fingerprint density at radius 2 is 1.38 bits per heavy atom. The molecule has 0 fully saturated rings. The first kappa shape index (κ1) is 20.5. The van der Waals surface area contributed by atoms with Gasteiger partial charge in [-0.05, 0) is 57.5 Å². The highest BCUT2D eigenvalue weighted by Crippen LogP contribution is 2.62. The number of methoxy groups -OCH3 is 1. The Morgan fingerprint density at radius 3 is 1.85 bits per heavy atom. The van der Waals surface area contributed by atoms with Crippen molar-refractivity contribution < 1.29 is 18.3 Å². The molecule has 0 unspecified atom stereocenters. The summed E-state index contributed by atoms with van der Waals surface area (Å²) < 4.78 is 30.6. The van der Waals surface area contributed by atoms with Gasteiger partial charge in [-0.1, -0.05) is 30.3 Å². The van der Waals surface area contributed by atoms with Gasteiger partial charge in [0.25, 0.3) is 0 Å². The van der Waals surface area contributed by atoms with E-state index in [4.69, 9.17) is 13.8 Å². The minimum atomic E-state index is -3.49. The number of hydrogen-bond donors (Lipinski definition) is 1. The Kier molecular flexibility index (Phi) is 7.27. The third kappa shape index (κ3) is 5.60. The second kappa shape index (κ2) is 9.22. The molecule has 0 saturated carbocycles. The number of nitrogens with one attached hydrogen (secondary N) is 1. The summed E-state index contributed by atoms with van der Waals surface area (Å²) in [6, 6.07) is 17.0. The molecule has 5 nitrogen and oxygen atoms in total. The normalized spacial score (nSPS) is 13.0. The summed E-state index contributed by atoms with van der Waals surface area (Å²) in [4.78, 5) is 0. The van der Waals surface area contributed by atoms with E-state index in [2.05, 4.69) is 5.32 Å². The molecular weight excluding hydrogens is 349 g/mol. The lowest BCUT2D eigenvalue weighted by atomic mass is 10.2. The van der Waals surface area contributed by atoms with E-state index in [-0.39, 0.29) is 12.2 Å². The zero-order valence-corrected chi connectivity index (χ0v) is 16.9. The zero-order chi connectivity index (χ0) is 19.2. The molecule has 0 amide bonds. The molecule has 0 bridgehead atoms. The van der Waals surface area contributed by atoms with Gasteiger partial charge in [0.05, 0.1) is 19.3 Å². The van der Waals surface area contributed by atoms with Crippen LogP contribution in [0.25, 0.3) is 0 Å². The number of anilines is 1. The van der Waals surface area contributed by atoms with Crippen LogP contribution in [0.2, 0.25) is 0 Å². The fraction of sp³-hybridized carbons (Fsp3) is 0.400. The molecular formula is C20H28NO4P. The Labute approximate surface area is 156 Å². The van der Waals surface area contributed by atoms with Gasteiger partial charge >= 0.3 is 7.60 Å². The van der Waals surface area contributed by atoms with E-state index in [0.29, 0.717) is 0 Å². The highest BCUT2D eigenvalue weighted by molar-refractivity contribution is 7.54. The summed E-state index contributed by atoms with van der Waals surface area (Å²) in [6.07, 6.45) is -0.466. The molecule has 26 heavy (non-hydrogen) atoms. The lowest BCUT2D eigenvalue weighted by molar-refractivity contribution is 0.138. The fourth-order valence-electron chi connectivity index (χ4n) is 2.56. The Hall–Kier alpha value is -1.81. The van der Waals surface area contributed by atoms with Crippen molar-refractivity contribution in [3.05, 3.63) is 60.2 Å². The van der Waals surface area contributed by atoms with E-state index in [1.54, 1.807) is 7.11 Å². The van der Waals surface area contributed by atoms with Gasteiger partial charge in [-0.15, -0.1) is 0 Å². The Balaban J connectivity index is 2.42. The van der Waals surface area contributed by atoms with Crippen LogP contribution in [0, 0.1) is 0 Å². The average molecular weight is 377 g/mol. The molecule has 1 N–H and O–H groups in total. The van der Waals surface area contributed by atoms with Crippen LogP contribution in [0.1, 0.15) is 39.0 Å². The van der Waals surface area contributed by atoms with Crippen LogP contribution < -0.4 is 10.1 Å². The summed E-state index contributed by atoms with van der Waals surface area (Å²) in [5.74, 6) is 0.133. The van der Waals surface area contributed by atoms with Gasteiger partial charge in [-0.2, -0.15) is 0 Å². The molecule has 0 spiro atoms.